The molecule has 0 atom stereocenters. The van der Waals surface area contributed by atoms with Gasteiger partial charge < -0.3 is 9.84 Å². The highest BCUT2D eigenvalue weighted by atomic mass is 16.5. The zero-order valence-electron chi connectivity index (χ0n) is 14.1. The van der Waals surface area contributed by atoms with E-state index in [1.807, 2.05) is 37.3 Å². The number of benzene rings is 1. The highest BCUT2D eigenvalue weighted by Gasteiger charge is 2.24. The molecule has 0 bridgehead atoms. The van der Waals surface area contributed by atoms with E-state index < -0.39 is 5.97 Å². The first-order valence-electron chi connectivity index (χ1n) is 8.05. The molecule has 2 aromatic heterocycles. The number of ether oxygens (including phenoxy) is 1. The van der Waals surface area contributed by atoms with Crippen LogP contribution in [0.25, 0.3) is 16.9 Å². The summed E-state index contributed by atoms with van der Waals surface area (Å²) in [6.07, 6.45) is 4.70. The second-order valence-corrected chi connectivity index (χ2v) is 5.58. The number of rotatable bonds is 6. The first-order valence-corrected chi connectivity index (χ1v) is 8.05. The number of carboxylic acid groups (broad SMARTS) is 1. The van der Waals surface area contributed by atoms with Crippen LogP contribution >= 0.6 is 0 Å². The lowest BCUT2D eigenvalue weighted by molar-refractivity contribution is 0.0696. The Bertz CT molecular complexity index is 871. The first-order chi connectivity index (χ1) is 12.2. The molecule has 0 aliphatic carbocycles. The number of nitrogens with zero attached hydrogens (tertiary/aromatic N) is 3. The quantitative estimate of drug-likeness (QED) is 0.744. The Kier molecular flexibility index (Phi) is 4.79. The van der Waals surface area contributed by atoms with Gasteiger partial charge in [-0.2, -0.15) is 5.10 Å². The van der Waals surface area contributed by atoms with Crippen molar-refractivity contribution < 1.29 is 14.6 Å². The van der Waals surface area contributed by atoms with Crippen LogP contribution in [0.2, 0.25) is 0 Å². The number of hydrogen-bond acceptors (Lipinski definition) is 4. The number of carbonyl (C=O) groups is 1. The lowest BCUT2D eigenvalue weighted by Crippen LogP contribution is -2.06. The molecule has 0 aliphatic heterocycles. The molecular weight excluding hydrogens is 318 g/mol. The van der Waals surface area contributed by atoms with E-state index in [1.54, 1.807) is 30.3 Å². The summed E-state index contributed by atoms with van der Waals surface area (Å²) in [6.45, 7) is 2.01. The summed E-state index contributed by atoms with van der Waals surface area (Å²) in [5, 5.41) is 14.4. The Labute approximate surface area is 145 Å². The number of hydrogen-bond donors (Lipinski definition) is 1. The topological polar surface area (TPSA) is 77.2 Å². The maximum Gasteiger partial charge on any atom is 0.339 e. The Morgan fingerprint density at radius 1 is 1.24 bits per heavy atom. The number of carboxylic acids is 1. The van der Waals surface area contributed by atoms with Crippen molar-refractivity contribution in [2.75, 3.05) is 7.11 Å². The minimum atomic E-state index is -0.984. The van der Waals surface area contributed by atoms with E-state index in [9.17, 15) is 9.90 Å². The maximum atomic E-state index is 11.9. The Morgan fingerprint density at radius 3 is 2.56 bits per heavy atom. The summed E-state index contributed by atoms with van der Waals surface area (Å²) in [6, 6.07) is 11.0. The van der Waals surface area contributed by atoms with Crippen LogP contribution in [-0.4, -0.2) is 33.0 Å². The summed E-state index contributed by atoms with van der Waals surface area (Å²) in [4.78, 5) is 16.0. The number of aromatic carboxylic acids is 1. The fraction of sp³-hybridized carbons (Fsp3) is 0.211. The van der Waals surface area contributed by atoms with Gasteiger partial charge in [0.05, 0.1) is 18.5 Å². The van der Waals surface area contributed by atoms with Crippen molar-refractivity contribution in [1.29, 1.82) is 0 Å². The van der Waals surface area contributed by atoms with Crippen LogP contribution in [0, 0.1) is 0 Å². The average Bonchev–Trinajstić information content (AvgIpc) is 3.02. The highest BCUT2D eigenvalue weighted by Crippen LogP contribution is 2.28. The lowest BCUT2D eigenvalue weighted by atomic mass is 10.1. The van der Waals surface area contributed by atoms with Gasteiger partial charge in [-0.05, 0) is 42.8 Å². The van der Waals surface area contributed by atoms with Gasteiger partial charge in [-0.25, -0.2) is 9.48 Å². The number of aromatic nitrogens is 3. The normalized spacial score (nSPS) is 10.6. The lowest BCUT2D eigenvalue weighted by Gasteiger charge is -2.08. The van der Waals surface area contributed by atoms with Gasteiger partial charge in [0.1, 0.15) is 17.0 Å². The second-order valence-electron chi connectivity index (χ2n) is 5.58. The largest absolute Gasteiger partial charge is 0.497 e. The van der Waals surface area contributed by atoms with Crippen molar-refractivity contribution in [2.45, 2.75) is 19.8 Å². The average molecular weight is 337 g/mol. The molecule has 3 aromatic rings. The third kappa shape index (κ3) is 3.24. The summed E-state index contributed by atoms with van der Waals surface area (Å²) in [7, 11) is 1.61. The van der Waals surface area contributed by atoms with Crippen LogP contribution in [-0.2, 0) is 6.42 Å². The molecule has 128 valence electrons. The van der Waals surface area contributed by atoms with Gasteiger partial charge in [0.15, 0.2) is 0 Å². The van der Waals surface area contributed by atoms with Crippen molar-refractivity contribution in [1.82, 2.24) is 14.8 Å². The molecule has 0 radical (unpaired) electrons. The van der Waals surface area contributed by atoms with Gasteiger partial charge >= 0.3 is 5.97 Å². The zero-order valence-corrected chi connectivity index (χ0v) is 14.1. The van der Waals surface area contributed by atoms with Crippen molar-refractivity contribution in [3.8, 4) is 22.7 Å². The van der Waals surface area contributed by atoms with E-state index in [2.05, 4.69) is 10.1 Å². The van der Waals surface area contributed by atoms with Crippen molar-refractivity contribution >= 4 is 5.97 Å². The van der Waals surface area contributed by atoms with Crippen molar-refractivity contribution in [3.63, 3.8) is 0 Å². The molecule has 0 aliphatic rings. The predicted octanol–water partition coefficient (Wildman–Crippen LogP) is 3.59. The zero-order chi connectivity index (χ0) is 17.8. The molecular formula is C19H19N3O3. The van der Waals surface area contributed by atoms with Gasteiger partial charge in [0, 0.05) is 18.0 Å². The summed E-state index contributed by atoms with van der Waals surface area (Å²) in [5.74, 6) is -0.249. The second kappa shape index (κ2) is 7.17. The van der Waals surface area contributed by atoms with Crippen LogP contribution in [0.15, 0.2) is 48.8 Å². The molecule has 3 rings (SSSR count). The van der Waals surface area contributed by atoms with E-state index in [1.165, 1.54) is 0 Å². The van der Waals surface area contributed by atoms with Gasteiger partial charge in [-0.1, -0.05) is 13.3 Å². The number of methoxy groups -OCH3 is 1. The fourth-order valence-electron chi connectivity index (χ4n) is 2.79. The third-order valence-electron chi connectivity index (χ3n) is 3.93. The molecule has 0 unspecified atom stereocenters. The first kappa shape index (κ1) is 16.7. The molecule has 2 heterocycles. The highest BCUT2D eigenvalue weighted by molar-refractivity contribution is 5.96. The monoisotopic (exact) mass is 337 g/mol. The van der Waals surface area contributed by atoms with Crippen molar-refractivity contribution in [2.24, 2.45) is 0 Å². The molecule has 1 N–H and O–H groups in total. The Balaban J connectivity index is 2.22. The standard InChI is InChI=1S/C19H19N3O3/c1-3-5-16-17(19(23)24)18(13-6-4-11-20-12-13)21-22(16)14-7-9-15(25-2)10-8-14/h4,6-12H,3,5H2,1-2H3,(H,23,24). The minimum Gasteiger partial charge on any atom is -0.497 e. The van der Waals surface area contributed by atoms with Gasteiger partial charge in [-0.3, -0.25) is 4.98 Å². The molecule has 6 heteroatoms. The summed E-state index contributed by atoms with van der Waals surface area (Å²) >= 11 is 0. The summed E-state index contributed by atoms with van der Waals surface area (Å²) in [5.41, 5.74) is 2.82. The SMILES string of the molecule is CCCc1c(C(=O)O)c(-c2cccnc2)nn1-c1ccc(OC)cc1. The van der Waals surface area contributed by atoms with E-state index in [4.69, 9.17) is 4.74 Å². The third-order valence-corrected chi connectivity index (χ3v) is 3.93. The Hall–Kier alpha value is -3.15. The van der Waals surface area contributed by atoms with Crippen molar-refractivity contribution in [3.05, 3.63) is 60.0 Å². The predicted molar refractivity (Wildman–Crippen MR) is 94.3 cm³/mol. The molecule has 0 saturated heterocycles. The minimum absolute atomic E-state index is 0.227. The van der Waals surface area contributed by atoms with Crippen LogP contribution in [0.4, 0.5) is 0 Å². The van der Waals surface area contributed by atoms with E-state index in [0.717, 1.165) is 17.9 Å². The molecule has 0 spiro atoms. The van der Waals surface area contributed by atoms with E-state index in [-0.39, 0.29) is 5.56 Å². The Morgan fingerprint density at radius 2 is 2.00 bits per heavy atom. The van der Waals surface area contributed by atoms with Gasteiger partial charge in [0.2, 0.25) is 0 Å². The van der Waals surface area contributed by atoms with Gasteiger partial charge in [-0.15, -0.1) is 0 Å². The number of pyridine rings is 1. The van der Waals surface area contributed by atoms with Crippen LogP contribution in [0.1, 0.15) is 29.4 Å². The summed E-state index contributed by atoms with van der Waals surface area (Å²) < 4.78 is 6.89. The molecule has 0 fully saturated rings. The smallest absolute Gasteiger partial charge is 0.339 e. The molecule has 6 nitrogen and oxygen atoms in total. The molecule has 25 heavy (non-hydrogen) atoms. The fourth-order valence-corrected chi connectivity index (χ4v) is 2.79. The van der Waals surface area contributed by atoms with Gasteiger partial charge in [0.25, 0.3) is 0 Å². The van der Waals surface area contributed by atoms with E-state index in [0.29, 0.717) is 23.4 Å². The molecule has 1 aromatic carbocycles. The van der Waals surface area contributed by atoms with Crippen LogP contribution < -0.4 is 4.74 Å². The molecule has 0 amide bonds. The van der Waals surface area contributed by atoms with Crippen LogP contribution in [0.3, 0.4) is 0 Å². The van der Waals surface area contributed by atoms with E-state index >= 15 is 0 Å². The van der Waals surface area contributed by atoms with Crippen LogP contribution in [0.5, 0.6) is 5.75 Å². The maximum absolute atomic E-state index is 11.9. The molecule has 0 saturated carbocycles.